The summed E-state index contributed by atoms with van der Waals surface area (Å²) in [7, 11) is 0. The Kier molecular flexibility index (Phi) is 5.48. The number of ether oxygens (including phenoxy) is 2. The molecule has 0 bridgehead atoms. The average molecular weight is 359 g/mol. The Balaban J connectivity index is 1.23. The third-order valence-corrected chi connectivity index (χ3v) is 5.82. The van der Waals surface area contributed by atoms with Crippen LogP contribution in [0.25, 0.3) is 0 Å². The molecule has 1 saturated heterocycles. The first-order valence-electron chi connectivity index (χ1n) is 9.95. The van der Waals surface area contributed by atoms with Crippen molar-refractivity contribution >= 4 is 6.03 Å². The number of hydrogen-bond acceptors (Lipinski definition) is 4. The molecule has 26 heavy (non-hydrogen) atoms. The fourth-order valence-corrected chi connectivity index (χ4v) is 4.25. The molecule has 142 valence electrons. The van der Waals surface area contributed by atoms with Crippen LogP contribution >= 0.6 is 0 Å². The van der Waals surface area contributed by atoms with E-state index in [9.17, 15) is 4.79 Å². The molecule has 1 N–H and O–H groups in total. The van der Waals surface area contributed by atoms with Crippen LogP contribution in [-0.2, 0) is 6.54 Å². The van der Waals surface area contributed by atoms with E-state index in [0.29, 0.717) is 6.54 Å². The lowest BCUT2D eigenvalue weighted by molar-refractivity contribution is 0.101. The van der Waals surface area contributed by atoms with Crippen molar-refractivity contribution in [1.82, 2.24) is 15.1 Å². The molecular formula is C20H29N3O3. The lowest BCUT2D eigenvalue weighted by Gasteiger charge is -2.39. The smallest absolute Gasteiger partial charge is 0.317 e. The summed E-state index contributed by atoms with van der Waals surface area (Å²) in [4.78, 5) is 17.0. The van der Waals surface area contributed by atoms with Crippen LogP contribution in [0.1, 0.15) is 44.1 Å². The maximum atomic E-state index is 12.5. The molecule has 0 unspecified atom stereocenters. The summed E-state index contributed by atoms with van der Waals surface area (Å²) in [5.41, 5.74) is 1.03. The van der Waals surface area contributed by atoms with Gasteiger partial charge in [-0.3, -0.25) is 4.90 Å². The van der Waals surface area contributed by atoms with Crippen LogP contribution in [0.15, 0.2) is 18.2 Å². The number of rotatable bonds is 3. The van der Waals surface area contributed by atoms with Gasteiger partial charge in [0.1, 0.15) is 0 Å². The van der Waals surface area contributed by atoms with E-state index in [0.717, 1.165) is 49.3 Å². The topological polar surface area (TPSA) is 54.0 Å². The second-order valence-corrected chi connectivity index (χ2v) is 7.51. The van der Waals surface area contributed by atoms with Crippen molar-refractivity contribution < 1.29 is 14.3 Å². The highest BCUT2D eigenvalue weighted by Gasteiger charge is 2.26. The fraction of sp³-hybridized carbons (Fsp3) is 0.650. The SMILES string of the molecule is O=C(NCc1ccc2c(c1)OCO2)N1CCN(C2CCCCCC2)CC1. The number of hydrogen-bond donors (Lipinski definition) is 1. The van der Waals surface area contributed by atoms with Crippen molar-refractivity contribution in [2.45, 2.75) is 51.1 Å². The molecule has 6 heteroatoms. The molecule has 1 aromatic rings. The Morgan fingerprint density at radius 3 is 2.50 bits per heavy atom. The Hall–Kier alpha value is -1.95. The number of nitrogens with one attached hydrogen (secondary N) is 1. The zero-order valence-electron chi connectivity index (χ0n) is 15.4. The maximum absolute atomic E-state index is 12.5. The van der Waals surface area contributed by atoms with Gasteiger partial charge in [-0.05, 0) is 30.5 Å². The number of nitrogens with zero attached hydrogens (tertiary/aromatic N) is 2. The van der Waals surface area contributed by atoms with Crippen LogP contribution in [0.5, 0.6) is 11.5 Å². The molecular weight excluding hydrogens is 330 g/mol. The van der Waals surface area contributed by atoms with Crippen LogP contribution in [0.2, 0.25) is 0 Å². The van der Waals surface area contributed by atoms with Crippen molar-refractivity contribution in [3.63, 3.8) is 0 Å². The van der Waals surface area contributed by atoms with Crippen molar-refractivity contribution in [3.8, 4) is 11.5 Å². The Morgan fingerprint density at radius 1 is 1.00 bits per heavy atom. The predicted molar refractivity (Wildman–Crippen MR) is 99.4 cm³/mol. The zero-order valence-corrected chi connectivity index (χ0v) is 15.4. The third-order valence-electron chi connectivity index (χ3n) is 5.82. The number of carbonyl (C=O) groups excluding carboxylic acids is 1. The number of amides is 2. The van der Waals surface area contributed by atoms with Crippen LogP contribution in [0, 0.1) is 0 Å². The number of piperazine rings is 1. The van der Waals surface area contributed by atoms with E-state index in [2.05, 4.69) is 10.2 Å². The second-order valence-electron chi connectivity index (χ2n) is 7.51. The first-order chi connectivity index (χ1) is 12.8. The predicted octanol–water partition coefficient (Wildman–Crippen LogP) is 2.97. The molecule has 2 heterocycles. The molecule has 3 aliphatic rings. The monoisotopic (exact) mass is 359 g/mol. The molecule has 1 aromatic carbocycles. The van der Waals surface area contributed by atoms with Crippen LogP contribution in [0.3, 0.4) is 0 Å². The van der Waals surface area contributed by atoms with Gasteiger partial charge in [-0.2, -0.15) is 0 Å². The molecule has 6 nitrogen and oxygen atoms in total. The molecule has 2 amide bonds. The molecule has 0 atom stereocenters. The first kappa shape index (κ1) is 17.5. The van der Waals surface area contributed by atoms with Gasteiger partial charge in [0.2, 0.25) is 6.79 Å². The second kappa shape index (κ2) is 8.16. The van der Waals surface area contributed by atoms with E-state index >= 15 is 0 Å². The van der Waals surface area contributed by atoms with Gasteiger partial charge in [0.25, 0.3) is 0 Å². The molecule has 0 spiro atoms. The van der Waals surface area contributed by atoms with E-state index in [1.165, 1.54) is 38.5 Å². The van der Waals surface area contributed by atoms with Crippen LogP contribution in [-0.4, -0.2) is 54.8 Å². The number of urea groups is 1. The van der Waals surface area contributed by atoms with Crippen LogP contribution < -0.4 is 14.8 Å². The molecule has 4 rings (SSSR count). The molecule has 2 fully saturated rings. The van der Waals surface area contributed by atoms with Gasteiger partial charge in [0.05, 0.1) is 0 Å². The van der Waals surface area contributed by atoms with Gasteiger partial charge in [-0.15, -0.1) is 0 Å². The maximum Gasteiger partial charge on any atom is 0.317 e. The quantitative estimate of drug-likeness (QED) is 0.843. The summed E-state index contributed by atoms with van der Waals surface area (Å²) in [6.45, 7) is 4.44. The number of fused-ring (bicyclic) bond motifs is 1. The van der Waals surface area contributed by atoms with E-state index in [-0.39, 0.29) is 12.8 Å². The fourth-order valence-electron chi connectivity index (χ4n) is 4.25. The van der Waals surface area contributed by atoms with E-state index < -0.39 is 0 Å². The van der Waals surface area contributed by atoms with Crippen molar-refractivity contribution in [2.24, 2.45) is 0 Å². The van der Waals surface area contributed by atoms with Gasteiger partial charge in [-0.25, -0.2) is 4.79 Å². The highest BCUT2D eigenvalue weighted by molar-refractivity contribution is 5.74. The molecule has 2 aliphatic heterocycles. The number of carbonyl (C=O) groups is 1. The van der Waals surface area contributed by atoms with Crippen molar-refractivity contribution in [3.05, 3.63) is 23.8 Å². The summed E-state index contributed by atoms with van der Waals surface area (Å²) in [6.07, 6.45) is 8.16. The van der Waals surface area contributed by atoms with Gasteiger partial charge in [0.15, 0.2) is 11.5 Å². The lowest BCUT2D eigenvalue weighted by atomic mass is 10.1. The average Bonchev–Trinajstić information content (AvgIpc) is 2.98. The summed E-state index contributed by atoms with van der Waals surface area (Å²) in [5, 5.41) is 3.04. The van der Waals surface area contributed by atoms with Crippen molar-refractivity contribution in [2.75, 3.05) is 33.0 Å². The highest BCUT2D eigenvalue weighted by Crippen LogP contribution is 2.32. The summed E-state index contributed by atoms with van der Waals surface area (Å²) in [6, 6.07) is 6.57. The first-order valence-corrected chi connectivity index (χ1v) is 9.95. The standard InChI is InChI=1S/C20H29N3O3/c24-20(21-14-16-7-8-18-19(13-16)26-15-25-18)23-11-9-22(10-12-23)17-5-3-1-2-4-6-17/h7-8,13,17H,1-6,9-12,14-15H2,(H,21,24). The Bertz CT molecular complexity index is 621. The molecule has 1 saturated carbocycles. The third kappa shape index (κ3) is 4.06. The van der Waals surface area contributed by atoms with E-state index in [1.54, 1.807) is 0 Å². The number of benzene rings is 1. The van der Waals surface area contributed by atoms with Gasteiger partial charge < -0.3 is 19.7 Å². The van der Waals surface area contributed by atoms with Gasteiger partial charge in [-0.1, -0.05) is 31.7 Å². The summed E-state index contributed by atoms with van der Waals surface area (Å²) in [5.74, 6) is 1.53. The molecule has 0 radical (unpaired) electrons. The molecule has 1 aliphatic carbocycles. The zero-order chi connectivity index (χ0) is 17.8. The van der Waals surface area contributed by atoms with Crippen molar-refractivity contribution in [1.29, 1.82) is 0 Å². The highest BCUT2D eigenvalue weighted by atomic mass is 16.7. The van der Waals surface area contributed by atoms with E-state index in [1.807, 2.05) is 23.1 Å². The minimum atomic E-state index is 0.0307. The lowest BCUT2D eigenvalue weighted by Crippen LogP contribution is -2.54. The normalized spacial score (nSPS) is 21.5. The summed E-state index contributed by atoms with van der Waals surface area (Å²) >= 11 is 0. The summed E-state index contributed by atoms with van der Waals surface area (Å²) < 4.78 is 10.7. The Morgan fingerprint density at radius 2 is 1.73 bits per heavy atom. The van der Waals surface area contributed by atoms with E-state index in [4.69, 9.17) is 9.47 Å². The minimum Gasteiger partial charge on any atom is -0.454 e. The minimum absolute atomic E-state index is 0.0307. The largest absolute Gasteiger partial charge is 0.454 e. The Labute approximate surface area is 155 Å². The van der Waals surface area contributed by atoms with Gasteiger partial charge >= 0.3 is 6.03 Å². The van der Waals surface area contributed by atoms with Crippen LogP contribution in [0.4, 0.5) is 4.79 Å². The van der Waals surface area contributed by atoms with Gasteiger partial charge in [0, 0.05) is 38.8 Å². The molecule has 0 aromatic heterocycles.